The van der Waals surface area contributed by atoms with E-state index in [0.29, 0.717) is 24.7 Å². The van der Waals surface area contributed by atoms with Gasteiger partial charge in [-0.3, -0.25) is 9.59 Å². The topological polar surface area (TPSA) is 113 Å². The minimum absolute atomic E-state index is 0.274. The number of anilines is 1. The molecular weight excluding hydrogens is 276 g/mol. The van der Waals surface area contributed by atoms with Crippen LogP contribution in [-0.2, 0) is 9.59 Å². The lowest BCUT2D eigenvalue weighted by atomic mass is 10.1. The van der Waals surface area contributed by atoms with E-state index in [1.54, 1.807) is 11.0 Å². The zero-order valence-corrected chi connectivity index (χ0v) is 11.4. The van der Waals surface area contributed by atoms with Gasteiger partial charge < -0.3 is 15.3 Å². The first-order valence-corrected chi connectivity index (χ1v) is 6.50. The van der Waals surface area contributed by atoms with Crippen molar-refractivity contribution in [2.45, 2.75) is 19.4 Å². The molecule has 1 aliphatic heterocycles. The number of carboxylic acids is 1. The van der Waals surface area contributed by atoms with E-state index < -0.39 is 12.0 Å². The van der Waals surface area contributed by atoms with E-state index in [1.165, 1.54) is 10.8 Å². The standard InChI is InChI=1S/C12H14N6O3/c1-7-4-9(18-12(16-7)14-6-15-18)17-3-2-13-11(21)8(17)5-10(19)20/h4,6,8H,2-3,5H2,1H3,(H,13,21)(H,19,20). The lowest BCUT2D eigenvalue weighted by molar-refractivity contribution is -0.139. The van der Waals surface area contributed by atoms with Crippen LogP contribution in [0.4, 0.5) is 5.82 Å². The van der Waals surface area contributed by atoms with Gasteiger partial charge in [0, 0.05) is 24.8 Å². The molecule has 110 valence electrons. The van der Waals surface area contributed by atoms with Crippen molar-refractivity contribution in [2.75, 3.05) is 18.0 Å². The van der Waals surface area contributed by atoms with E-state index in [0.717, 1.165) is 5.69 Å². The quantitative estimate of drug-likeness (QED) is 0.761. The smallest absolute Gasteiger partial charge is 0.305 e. The Kier molecular flexibility index (Phi) is 3.16. The van der Waals surface area contributed by atoms with Crippen LogP contribution >= 0.6 is 0 Å². The van der Waals surface area contributed by atoms with Gasteiger partial charge in [0.15, 0.2) is 0 Å². The van der Waals surface area contributed by atoms with Gasteiger partial charge in [-0.15, -0.1) is 0 Å². The average molecular weight is 290 g/mol. The number of piperazine rings is 1. The first-order chi connectivity index (χ1) is 10.1. The number of carbonyl (C=O) groups is 2. The van der Waals surface area contributed by atoms with Crippen molar-refractivity contribution in [3.05, 3.63) is 18.1 Å². The number of carbonyl (C=O) groups excluding carboxylic acids is 1. The number of nitrogens with zero attached hydrogens (tertiary/aromatic N) is 5. The van der Waals surface area contributed by atoms with Gasteiger partial charge in [0.2, 0.25) is 5.91 Å². The van der Waals surface area contributed by atoms with Crippen LogP contribution in [0, 0.1) is 6.92 Å². The first kappa shape index (κ1) is 13.3. The Morgan fingerprint density at radius 3 is 3.14 bits per heavy atom. The molecule has 2 aromatic heterocycles. The van der Waals surface area contributed by atoms with Crippen LogP contribution in [0.25, 0.3) is 5.78 Å². The Hall–Kier alpha value is -2.71. The normalized spacial score (nSPS) is 18.8. The van der Waals surface area contributed by atoms with Crippen LogP contribution in [-0.4, -0.2) is 55.7 Å². The zero-order chi connectivity index (χ0) is 15.0. The van der Waals surface area contributed by atoms with Crippen molar-refractivity contribution in [3.8, 4) is 0 Å². The van der Waals surface area contributed by atoms with E-state index in [2.05, 4.69) is 20.4 Å². The largest absolute Gasteiger partial charge is 0.481 e. The fourth-order valence-electron chi connectivity index (χ4n) is 2.47. The maximum absolute atomic E-state index is 12.0. The van der Waals surface area contributed by atoms with Crippen molar-refractivity contribution in [1.82, 2.24) is 24.9 Å². The summed E-state index contributed by atoms with van der Waals surface area (Å²) in [6.07, 6.45) is 1.10. The lowest BCUT2D eigenvalue weighted by Crippen LogP contribution is -2.56. The molecule has 0 spiro atoms. The number of hydrogen-bond acceptors (Lipinski definition) is 6. The number of aromatic nitrogens is 4. The summed E-state index contributed by atoms with van der Waals surface area (Å²) in [5.74, 6) is -0.282. The molecule has 3 heterocycles. The van der Waals surface area contributed by atoms with Crippen LogP contribution in [0.15, 0.2) is 12.4 Å². The lowest BCUT2D eigenvalue weighted by Gasteiger charge is -2.35. The van der Waals surface area contributed by atoms with E-state index in [4.69, 9.17) is 5.11 Å². The molecule has 1 saturated heterocycles. The molecule has 1 fully saturated rings. The highest BCUT2D eigenvalue weighted by atomic mass is 16.4. The zero-order valence-electron chi connectivity index (χ0n) is 11.4. The summed E-state index contributed by atoms with van der Waals surface area (Å²) in [7, 11) is 0. The van der Waals surface area contributed by atoms with Gasteiger partial charge in [-0.1, -0.05) is 0 Å². The molecule has 9 nitrogen and oxygen atoms in total. The van der Waals surface area contributed by atoms with E-state index in [-0.39, 0.29) is 12.3 Å². The first-order valence-electron chi connectivity index (χ1n) is 6.50. The molecule has 1 unspecified atom stereocenters. The molecule has 2 N–H and O–H groups in total. The van der Waals surface area contributed by atoms with Gasteiger partial charge in [-0.05, 0) is 6.92 Å². The second kappa shape index (κ2) is 5.00. The molecule has 0 saturated carbocycles. The van der Waals surface area contributed by atoms with E-state index in [1.807, 2.05) is 6.92 Å². The molecular formula is C12H14N6O3. The third-order valence-electron chi connectivity index (χ3n) is 3.35. The van der Waals surface area contributed by atoms with Crippen LogP contribution < -0.4 is 10.2 Å². The predicted molar refractivity (Wildman–Crippen MR) is 71.9 cm³/mol. The Morgan fingerprint density at radius 1 is 1.57 bits per heavy atom. The summed E-state index contributed by atoms with van der Waals surface area (Å²) in [5, 5.41) is 15.8. The third kappa shape index (κ3) is 2.37. The number of fused-ring (bicyclic) bond motifs is 1. The van der Waals surface area contributed by atoms with Gasteiger partial charge in [-0.25, -0.2) is 4.98 Å². The summed E-state index contributed by atoms with van der Waals surface area (Å²) < 4.78 is 1.51. The van der Waals surface area contributed by atoms with Gasteiger partial charge in [0.05, 0.1) is 6.42 Å². The number of amides is 1. The summed E-state index contributed by atoms with van der Waals surface area (Å²) in [6.45, 7) is 2.77. The molecule has 0 aromatic carbocycles. The fourth-order valence-corrected chi connectivity index (χ4v) is 2.47. The Labute approximate surface area is 119 Å². The van der Waals surface area contributed by atoms with Crippen molar-refractivity contribution in [3.63, 3.8) is 0 Å². The Balaban J connectivity index is 2.07. The number of hydrogen-bond donors (Lipinski definition) is 2. The summed E-state index contributed by atoms with van der Waals surface area (Å²) in [6, 6.07) is 1.00. The maximum atomic E-state index is 12.0. The second-order valence-corrected chi connectivity index (χ2v) is 4.83. The molecule has 9 heteroatoms. The molecule has 21 heavy (non-hydrogen) atoms. The average Bonchev–Trinajstić information content (AvgIpc) is 2.87. The summed E-state index contributed by atoms with van der Waals surface area (Å²) in [4.78, 5) is 33.0. The van der Waals surface area contributed by atoms with Crippen LogP contribution in [0.1, 0.15) is 12.1 Å². The van der Waals surface area contributed by atoms with Gasteiger partial charge in [-0.2, -0.15) is 14.6 Å². The molecule has 1 amide bonds. The molecule has 1 atom stereocenters. The van der Waals surface area contributed by atoms with Gasteiger partial charge in [0.25, 0.3) is 5.78 Å². The van der Waals surface area contributed by atoms with Crippen LogP contribution in [0.2, 0.25) is 0 Å². The highest BCUT2D eigenvalue weighted by molar-refractivity contribution is 5.90. The van der Waals surface area contributed by atoms with Crippen LogP contribution in [0.5, 0.6) is 0 Å². The number of carboxylic acid groups (broad SMARTS) is 1. The van der Waals surface area contributed by atoms with Crippen molar-refractivity contribution in [1.29, 1.82) is 0 Å². The number of rotatable bonds is 3. The molecule has 2 aromatic rings. The second-order valence-electron chi connectivity index (χ2n) is 4.83. The molecule has 0 aliphatic carbocycles. The SMILES string of the molecule is Cc1cc(N2CCNC(=O)C2CC(=O)O)n2ncnc2n1. The highest BCUT2D eigenvalue weighted by Gasteiger charge is 2.33. The molecule has 3 rings (SSSR count). The van der Waals surface area contributed by atoms with Crippen molar-refractivity contribution >= 4 is 23.5 Å². The minimum Gasteiger partial charge on any atom is -0.481 e. The number of aryl methyl sites for hydroxylation is 1. The van der Waals surface area contributed by atoms with Crippen molar-refractivity contribution in [2.24, 2.45) is 0 Å². The van der Waals surface area contributed by atoms with Gasteiger partial charge in [0.1, 0.15) is 18.2 Å². The Bertz CT molecular complexity index is 712. The fraction of sp³-hybridized carbons (Fsp3) is 0.417. The van der Waals surface area contributed by atoms with Crippen molar-refractivity contribution < 1.29 is 14.7 Å². The number of nitrogens with one attached hydrogen (secondary N) is 1. The van der Waals surface area contributed by atoms with Gasteiger partial charge >= 0.3 is 5.97 Å². The molecule has 0 bridgehead atoms. The minimum atomic E-state index is -1.03. The van der Waals surface area contributed by atoms with E-state index in [9.17, 15) is 9.59 Å². The molecule has 0 radical (unpaired) electrons. The monoisotopic (exact) mass is 290 g/mol. The third-order valence-corrected chi connectivity index (χ3v) is 3.35. The Morgan fingerprint density at radius 2 is 2.38 bits per heavy atom. The summed E-state index contributed by atoms with van der Waals surface area (Å²) in [5.41, 5.74) is 0.727. The van der Waals surface area contributed by atoms with Crippen LogP contribution in [0.3, 0.4) is 0 Å². The summed E-state index contributed by atoms with van der Waals surface area (Å²) >= 11 is 0. The van der Waals surface area contributed by atoms with E-state index >= 15 is 0 Å². The highest BCUT2D eigenvalue weighted by Crippen LogP contribution is 2.21. The predicted octanol–water partition coefficient (Wildman–Crippen LogP) is -0.788. The molecule has 1 aliphatic rings. The number of aliphatic carboxylic acids is 1. The maximum Gasteiger partial charge on any atom is 0.305 e.